The Labute approximate surface area is 103 Å². The summed E-state index contributed by atoms with van der Waals surface area (Å²) in [4.78, 5) is 0. The van der Waals surface area contributed by atoms with Crippen molar-refractivity contribution in [2.45, 2.75) is 26.7 Å². The van der Waals surface area contributed by atoms with Crippen LogP contribution in [0.15, 0.2) is 42.5 Å². The lowest BCUT2D eigenvalue weighted by Gasteiger charge is -2.09. The first-order valence-corrected chi connectivity index (χ1v) is 6.16. The summed E-state index contributed by atoms with van der Waals surface area (Å²) in [6, 6.07) is 14.8. The Balaban J connectivity index is 2.41. The van der Waals surface area contributed by atoms with Gasteiger partial charge >= 0.3 is 0 Å². The molecule has 0 aliphatic rings. The van der Waals surface area contributed by atoms with Crippen molar-refractivity contribution < 1.29 is 0 Å². The van der Waals surface area contributed by atoms with Gasteiger partial charge in [0.25, 0.3) is 0 Å². The third-order valence-electron chi connectivity index (χ3n) is 3.12. The first kappa shape index (κ1) is 11.7. The Bertz CT molecular complexity index is 515. The molecule has 0 saturated heterocycles. The summed E-state index contributed by atoms with van der Waals surface area (Å²) >= 11 is 0. The average molecular weight is 225 g/mol. The van der Waals surface area contributed by atoms with Crippen molar-refractivity contribution in [1.29, 1.82) is 0 Å². The number of benzene rings is 2. The molecule has 0 aliphatic carbocycles. The summed E-state index contributed by atoms with van der Waals surface area (Å²) in [6.07, 6.45) is 2.19. The van der Waals surface area contributed by atoms with E-state index >= 15 is 0 Å². The Kier molecular flexibility index (Phi) is 3.48. The van der Waals surface area contributed by atoms with Crippen LogP contribution in [0.1, 0.15) is 24.5 Å². The fourth-order valence-electron chi connectivity index (χ4n) is 2.16. The normalized spacial score (nSPS) is 10.5. The molecule has 0 amide bonds. The first-order valence-electron chi connectivity index (χ1n) is 6.16. The first-order chi connectivity index (χ1) is 8.22. The zero-order chi connectivity index (χ0) is 12.3. The maximum Gasteiger partial charge on any atom is 0.0352 e. The van der Waals surface area contributed by atoms with Crippen LogP contribution in [-0.2, 0) is 6.42 Å². The van der Waals surface area contributed by atoms with Gasteiger partial charge in [0.1, 0.15) is 0 Å². The standard InChI is InChI=1S/C16H19N/c1-3-6-13-9-10-14(11-16(13)17)15-8-5-4-7-12(15)2/h4-5,7-11H,3,6,17H2,1-2H3. The molecule has 0 radical (unpaired) electrons. The predicted molar refractivity (Wildman–Crippen MR) is 75.0 cm³/mol. The van der Waals surface area contributed by atoms with Crippen molar-refractivity contribution in [3.05, 3.63) is 53.6 Å². The summed E-state index contributed by atoms with van der Waals surface area (Å²) in [5.74, 6) is 0. The second-order valence-electron chi connectivity index (χ2n) is 4.48. The van der Waals surface area contributed by atoms with Gasteiger partial charge in [-0.15, -0.1) is 0 Å². The fraction of sp³-hybridized carbons (Fsp3) is 0.250. The minimum absolute atomic E-state index is 0.910. The van der Waals surface area contributed by atoms with Crippen molar-refractivity contribution in [3.8, 4) is 11.1 Å². The minimum Gasteiger partial charge on any atom is -0.398 e. The van der Waals surface area contributed by atoms with Gasteiger partial charge < -0.3 is 5.73 Å². The van der Waals surface area contributed by atoms with E-state index < -0.39 is 0 Å². The molecule has 17 heavy (non-hydrogen) atoms. The molecule has 2 rings (SSSR count). The molecule has 0 saturated carbocycles. The van der Waals surface area contributed by atoms with Gasteiger partial charge in [0.05, 0.1) is 0 Å². The Morgan fingerprint density at radius 3 is 2.47 bits per heavy atom. The topological polar surface area (TPSA) is 26.0 Å². The Hall–Kier alpha value is -1.76. The number of hydrogen-bond acceptors (Lipinski definition) is 1. The van der Waals surface area contributed by atoms with E-state index in [0.717, 1.165) is 18.5 Å². The van der Waals surface area contributed by atoms with Crippen molar-refractivity contribution in [1.82, 2.24) is 0 Å². The fourth-order valence-corrected chi connectivity index (χ4v) is 2.16. The summed E-state index contributed by atoms with van der Waals surface area (Å²) < 4.78 is 0. The number of nitrogens with two attached hydrogens (primary N) is 1. The molecule has 2 aromatic carbocycles. The zero-order valence-electron chi connectivity index (χ0n) is 10.5. The highest BCUT2D eigenvalue weighted by Gasteiger charge is 2.04. The van der Waals surface area contributed by atoms with Crippen LogP contribution in [0.4, 0.5) is 5.69 Å². The zero-order valence-corrected chi connectivity index (χ0v) is 10.5. The van der Waals surface area contributed by atoms with Crippen LogP contribution < -0.4 is 5.73 Å². The monoisotopic (exact) mass is 225 g/mol. The molecule has 0 bridgehead atoms. The molecule has 2 aromatic rings. The van der Waals surface area contributed by atoms with Crippen molar-refractivity contribution in [2.24, 2.45) is 0 Å². The molecule has 0 spiro atoms. The van der Waals surface area contributed by atoms with Crippen LogP contribution in [0, 0.1) is 6.92 Å². The second kappa shape index (κ2) is 5.05. The lowest BCUT2D eigenvalue weighted by molar-refractivity contribution is 0.924. The van der Waals surface area contributed by atoms with Crippen LogP contribution in [-0.4, -0.2) is 0 Å². The van der Waals surface area contributed by atoms with Crippen molar-refractivity contribution in [3.63, 3.8) is 0 Å². The summed E-state index contributed by atoms with van der Waals surface area (Å²) in [7, 11) is 0. The minimum atomic E-state index is 0.910. The molecule has 0 aromatic heterocycles. The average Bonchev–Trinajstić information content (AvgIpc) is 2.33. The summed E-state index contributed by atoms with van der Waals surface area (Å²) in [5.41, 5.74) is 12.0. The maximum absolute atomic E-state index is 6.09. The molecule has 88 valence electrons. The van der Waals surface area contributed by atoms with E-state index in [0.29, 0.717) is 0 Å². The van der Waals surface area contributed by atoms with Gasteiger partial charge in [-0.1, -0.05) is 49.7 Å². The van der Waals surface area contributed by atoms with Gasteiger partial charge in [-0.2, -0.15) is 0 Å². The van der Waals surface area contributed by atoms with Gasteiger partial charge in [-0.25, -0.2) is 0 Å². The molecule has 1 nitrogen and oxygen atoms in total. The molecular formula is C16H19N. The van der Waals surface area contributed by atoms with Crippen LogP contribution in [0.25, 0.3) is 11.1 Å². The van der Waals surface area contributed by atoms with E-state index in [4.69, 9.17) is 5.73 Å². The smallest absolute Gasteiger partial charge is 0.0352 e. The second-order valence-corrected chi connectivity index (χ2v) is 4.48. The van der Waals surface area contributed by atoms with E-state index in [1.54, 1.807) is 0 Å². The molecule has 0 aliphatic heterocycles. The number of hydrogen-bond donors (Lipinski definition) is 1. The lowest BCUT2D eigenvalue weighted by Crippen LogP contribution is -1.95. The van der Waals surface area contributed by atoms with Gasteiger partial charge in [-0.05, 0) is 41.7 Å². The Morgan fingerprint density at radius 1 is 1.06 bits per heavy atom. The molecular weight excluding hydrogens is 206 g/mol. The molecule has 0 heterocycles. The maximum atomic E-state index is 6.09. The number of aryl methyl sites for hydroxylation is 2. The quantitative estimate of drug-likeness (QED) is 0.778. The van der Waals surface area contributed by atoms with Gasteiger partial charge in [0, 0.05) is 5.69 Å². The van der Waals surface area contributed by atoms with Crippen molar-refractivity contribution >= 4 is 5.69 Å². The van der Waals surface area contributed by atoms with Gasteiger partial charge in [0.15, 0.2) is 0 Å². The van der Waals surface area contributed by atoms with E-state index in [1.165, 1.54) is 22.3 Å². The highest BCUT2D eigenvalue weighted by Crippen LogP contribution is 2.27. The van der Waals surface area contributed by atoms with Crippen molar-refractivity contribution in [2.75, 3.05) is 5.73 Å². The number of nitrogen functional groups attached to an aromatic ring is 1. The SMILES string of the molecule is CCCc1ccc(-c2ccccc2C)cc1N. The Morgan fingerprint density at radius 2 is 1.82 bits per heavy atom. The summed E-state index contributed by atoms with van der Waals surface area (Å²) in [6.45, 7) is 4.31. The third-order valence-corrected chi connectivity index (χ3v) is 3.12. The molecule has 0 unspecified atom stereocenters. The van der Waals surface area contributed by atoms with E-state index in [-0.39, 0.29) is 0 Å². The van der Waals surface area contributed by atoms with E-state index in [9.17, 15) is 0 Å². The third kappa shape index (κ3) is 2.50. The predicted octanol–water partition coefficient (Wildman–Crippen LogP) is 4.20. The largest absolute Gasteiger partial charge is 0.398 e. The van der Waals surface area contributed by atoms with Crippen LogP contribution in [0.5, 0.6) is 0 Å². The van der Waals surface area contributed by atoms with E-state index in [2.05, 4.69) is 56.3 Å². The highest BCUT2D eigenvalue weighted by atomic mass is 14.6. The molecule has 0 fully saturated rings. The van der Waals surface area contributed by atoms with Crippen LogP contribution in [0.3, 0.4) is 0 Å². The van der Waals surface area contributed by atoms with E-state index in [1.807, 2.05) is 0 Å². The number of anilines is 1. The van der Waals surface area contributed by atoms with Crippen LogP contribution >= 0.6 is 0 Å². The highest BCUT2D eigenvalue weighted by molar-refractivity contribution is 5.71. The number of rotatable bonds is 3. The lowest BCUT2D eigenvalue weighted by atomic mass is 9.97. The van der Waals surface area contributed by atoms with Gasteiger partial charge in [0.2, 0.25) is 0 Å². The van der Waals surface area contributed by atoms with Gasteiger partial charge in [-0.3, -0.25) is 0 Å². The molecule has 0 atom stereocenters. The molecule has 1 heteroatoms. The van der Waals surface area contributed by atoms with Crippen LogP contribution in [0.2, 0.25) is 0 Å². The molecule has 2 N–H and O–H groups in total. The summed E-state index contributed by atoms with van der Waals surface area (Å²) in [5, 5.41) is 0.